The molecule has 0 N–H and O–H groups in total. The van der Waals surface area contributed by atoms with Gasteiger partial charge in [0.2, 0.25) is 0 Å². The van der Waals surface area contributed by atoms with Gasteiger partial charge >= 0.3 is 0 Å². The molecular formula is C27H48O. The van der Waals surface area contributed by atoms with Crippen LogP contribution in [0.25, 0.3) is 0 Å². The predicted octanol–water partition coefficient (Wildman–Crippen LogP) is 9.30. The fourth-order valence-electron chi connectivity index (χ4n) is 5.18. The molecule has 0 heterocycles. The van der Waals surface area contributed by atoms with Gasteiger partial charge < -0.3 is 4.74 Å². The summed E-state index contributed by atoms with van der Waals surface area (Å²) in [5.74, 6) is 2.59. The SMILES string of the molecule is CC.CC.CCC(CC)c1ccc(OC2(C3CCCCC3)CCCCC2)cc1. The van der Waals surface area contributed by atoms with Crippen LogP contribution >= 0.6 is 0 Å². The molecule has 0 aliphatic heterocycles. The molecule has 1 aromatic carbocycles. The Bertz CT molecular complexity index is 473. The number of benzene rings is 1. The third-order valence-corrected chi connectivity index (χ3v) is 6.71. The first-order valence-corrected chi connectivity index (χ1v) is 12.6. The lowest BCUT2D eigenvalue weighted by atomic mass is 9.69. The van der Waals surface area contributed by atoms with E-state index in [2.05, 4.69) is 38.1 Å². The summed E-state index contributed by atoms with van der Waals surface area (Å²) in [5, 5.41) is 0. The zero-order valence-electron chi connectivity index (χ0n) is 19.9. The number of ether oxygens (including phenoxy) is 1. The largest absolute Gasteiger partial charge is 0.487 e. The van der Waals surface area contributed by atoms with Gasteiger partial charge in [0.25, 0.3) is 0 Å². The number of rotatable bonds is 6. The Morgan fingerprint density at radius 1 is 0.786 bits per heavy atom. The lowest BCUT2D eigenvalue weighted by molar-refractivity contribution is -0.0381. The van der Waals surface area contributed by atoms with E-state index in [1.165, 1.54) is 82.6 Å². The number of hydrogen-bond acceptors (Lipinski definition) is 1. The minimum Gasteiger partial charge on any atom is -0.487 e. The average Bonchev–Trinajstić information content (AvgIpc) is 2.80. The monoisotopic (exact) mass is 388 g/mol. The van der Waals surface area contributed by atoms with E-state index in [4.69, 9.17) is 4.74 Å². The van der Waals surface area contributed by atoms with Crippen LogP contribution in [0.4, 0.5) is 0 Å². The Labute approximate surface area is 176 Å². The molecule has 2 fully saturated rings. The summed E-state index contributed by atoms with van der Waals surface area (Å²) in [6, 6.07) is 9.11. The van der Waals surface area contributed by atoms with Crippen LogP contribution in [0.3, 0.4) is 0 Å². The first-order chi connectivity index (χ1) is 13.8. The average molecular weight is 389 g/mol. The summed E-state index contributed by atoms with van der Waals surface area (Å²) in [5.41, 5.74) is 1.61. The van der Waals surface area contributed by atoms with E-state index < -0.39 is 0 Å². The molecule has 1 heteroatoms. The Morgan fingerprint density at radius 3 is 1.79 bits per heavy atom. The highest BCUT2D eigenvalue weighted by molar-refractivity contribution is 5.30. The lowest BCUT2D eigenvalue weighted by Crippen LogP contribution is -2.46. The molecule has 0 bridgehead atoms. The van der Waals surface area contributed by atoms with Gasteiger partial charge in [-0.2, -0.15) is 0 Å². The summed E-state index contributed by atoms with van der Waals surface area (Å²) in [6.07, 6.45) is 16.1. The van der Waals surface area contributed by atoms with Crippen LogP contribution in [-0.2, 0) is 0 Å². The van der Waals surface area contributed by atoms with Crippen molar-refractivity contribution in [1.82, 2.24) is 0 Å². The van der Waals surface area contributed by atoms with Gasteiger partial charge in [0.1, 0.15) is 11.4 Å². The van der Waals surface area contributed by atoms with Crippen LogP contribution in [0.15, 0.2) is 24.3 Å². The Morgan fingerprint density at radius 2 is 1.29 bits per heavy atom. The van der Waals surface area contributed by atoms with Crippen LogP contribution in [-0.4, -0.2) is 5.60 Å². The summed E-state index contributed by atoms with van der Waals surface area (Å²) in [4.78, 5) is 0. The molecule has 162 valence electrons. The maximum absolute atomic E-state index is 6.78. The zero-order valence-corrected chi connectivity index (χ0v) is 19.9. The summed E-state index contributed by atoms with van der Waals surface area (Å²) < 4.78 is 6.78. The zero-order chi connectivity index (χ0) is 20.8. The van der Waals surface area contributed by atoms with Crippen molar-refractivity contribution in [2.24, 2.45) is 5.92 Å². The molecule has 0 atom stereocenters. The van der Waals surface area contributed by atoms with Crippen molar-refractivity contribution in [1.29, 1.82) is 0 Å². The van der Waals surface area contributed by atoms with Gasteiger partial charge in [-0.3, -0.25) is 0 Å². The quantitative estimate of drug-likeness (QED) is 0.471. The van der Waals surface area contributed by atoms with Crippen LogP contribution in [0, 0.1) is 5.92 Å². The molecular weight excluding hydrogens is 340 g/mol. The molecule has 1 aromatic rings. The van der Waals surface area contributed by atoms with E-state index in [1.807, 2.05) is 27.7 Å². The molecule has 0 saturated heterocycles. The first-order valence-electron chi connectivity index (χ1n) is 12.6. The fourth-order valence-corrected chi connectivity index (χ4v) is 5.18. The lowest BCUT2D eigenvalue weighted by Gasteiger charge is -2.45. The molecule has 2 aliphatic rings. The van der Waals surface area contributed by atoms with Crippen molar-refractivity contribution >= 4 is 0 Å². The van der Waals surface area contributed by atoms with E-state index in [9.17, 15) is 0 Å². The molecule has 1 nitrogen and oxygen atoms in total. The Kier molecular flexibility index (Phi) is 12.6. The van der Waals surface area contributed by atoms with E-state index >= 15 is 0 Å². The molecule has 0 radical (unpaired) electrons. The van der Waals surface area contributed by atoms with Gasteiger partial charge in [-0.1, -0.05) is 79.4 Å². The maximum atomic E-state index is 6.78. The maximum Gasteiger partial charge on any atom is 0.120 e. The van der Waals surface area contributed by atoms with Crippen molar-refractivity contribution in [3.8, 4) is 5.75 Å². The normalized spacial score (nSPS) is 19.1. The second-order valence-electron chi connectivity index (χ2n) is 8.14. The van der Waals surface area contributed by atoms with Crippen molar-refractivity contribution in [3.05, 3.63) is 29.8 Å². The molecule has 0 amide bonds. The van der Waals surface area contributed by atoms with Gasteiger partial charge in [-0.05, 0) is 80.9 Å². The van der Waals surface area contributed by atoms with Gasteiger partial charge in [-0.25, -0.2) is 0 Å². The highest BCUT2D eigenvalue weighted by Crippen LogP contribution is 2.44. The minimum absolute atomic E-state index is 0.134. The number of hydrogen-bond donors (Lipinski definition) is 0. The fraction of sp³-hybridized carbons (Fsp3) is 0.778. The summed E-state index contributed by atoms with van der Waals surface area (Å²) in [7, 11) is 0. The van der Waals surface area contributed by atoms with Gasteiger partial charge in [0.15, 0.2) is 0 Å². The predicted molar refractivity (Wildman–Crippen MR) is 125 cm³/mol. The van der Waals surface area contributed by atoms with Gasteiger partial charge in [0, 0.05) is 0 Å². The molecule has 0 unspecified atom stereocenters. The van der Waals surface area contributed by atoms with Crippen molar-refractivity contribution in [3.63, 3.8) is 0 Å². The second kappa shape index (κ2) is 14.1. The van der Waals surface area contributed by atoms with Crippen LogP contribution in [0.2, 0.25) is 0 Å². The van der Waals surface area contributed by atoms with E-state index in [1.54, 1.807) is 0 Å². The van der Waals surface area contributed by atoms with Crippen molar-refractivity contribution < 1.29 is 4.74 Å². The second-order valence-corrected chi connectivity index (χ2v) is 8.14. The van der Waals surface area contributed by atoms with Gasteiger partial charge in [0.05, 0.1) is 0 Å². The molecule has 0 spiro atoms. The standard InChI is InChI=1S/C23H36O.2C2H6/c1-3-19(4-2)20-13-15-22(16-14-20)24-23(17-9-6-10-18-23)21-11-7-5-8-12-21;2*1-2/h13-16,19,21H,3-12,17-18H2,1-2H3;2*1-2H3. The Balaban J connectivity index is 0.000000921. The van der Waals surface area contributed by atoms with Crippen LogP contribution < -0.4 is 4.74 Å². The highest BCUT2D eigenvalue weighted by Gasteiger charge is 2.42. The topological polar surface area (TPSA) is 9.23 Å². The summed E-state index contributed by atoms with van der Waals surface area (Å²) >= 11 is 0. The first kappa shape index (κ1) is 25.1. The van der Waals surface area contributed by atoms with Crippen molar-refractivity contribution in [2.45, 2.75) is 130 Å². The molecule has 0 aromatic heterocycles. The molecule has 2 saturated carbocycles. The third-order valence-electron chi connectivity index (χ3n) is 6.71. The molecule has 28 heavy (non-hydrogen) atoms. The van der Waals surface area contributed by atoms with Crippen LogP contribution in [0.5, 0.6) is 5.75 Å². The van der Waals surface area contributed by atoms with E-state index in [0.29, 0.717) is 5.92 Å². The van der Waals surface area contributed by atoms with Gasteiger partial charge in [-0.15, -0.1) is 0 Å². The van der Waals surface area contributed by atoms with E-state index in [0.717, 1.165) is 11.7 Å². The van der Waals surface area contributed by atoms with Crippen LogP contribution in [0.1, 0.15) is 130 Å². The van der Waals surface area contributed by atoms with E-state index in [-0.39, 0.29) is 5.60 Å². The highest BCUT2D eigenvalue weighted by atomic mass is 16.5. The smallest absolute Gasteiger partial charge is 0.120 e. The third kappa shape index (κ3) is 6.82. The minimum atomic E-state index is 0.134. The summed E-state index contributed by atoms with van der Waals surface area (Å²) in [6.45, 7) is 12.6. The van der Waals surface area contributed by atoms with Crippen molar-refractivity contribution in [2.75, 3.05) is 0 Å². The molecule has 3 rings (SSSR count). The Hall–Kier alpha value is -0.980. The molecule has 2 aliphatic carbocycles.